The van der Waals surface area contributed by atoms with Gasteiger partial charge in [-0.3, -0.25) is 9.78 Å². The van der Waals surface area contributed by atoms with Gasteiger partial charge in [-0.25, -0.2) is 12.7 Å². The molecule has 0 bridgehead atoms. The zero-order chi connectivity index (χ0) is 18.4. The molecule has 0 spiro atoms. The largest absolute Gasteiger partial charge is 0.390 e. The number of likely N-dealkylation sites (tertiary alicyclic amines) is 1. The summed E-state index contributed by atoms with van der Waals surface area (Å²) < 4.78 is 24.7. The van der Waals surface area contributed by atoms with Gasteiger partial charge >= 0.3 is 0 Å². The van der Waals surface area contributed by atoms with Crippen molar-refractivity contribution in [3.05, 3.63) is 30.1 Å². The second-order valence-electron chi connectivity index (χ2n) is 6.40. The number of rotatable bonds is 7. The third-order valence-electron chi connectivity index (χ3n) is 4.31. The molecule has 1 aromatic rings. The van der Waals surface area contributed by atoms with E-state index in [1.165, 1.54) is 18.4 Å². The third kappa shape index (κ3) is 5.74. The number of aromatic nitrogens is 1. The van der Waals surface area contributed by atoms with Gasteiger partial charge < -0.3 is 15.3 Å². The predicted octanol–water partition coefficient (Wildman–Crippen LogP) is -0.472. The number of pyridine rings is 1. The van der Waals surface area contributed by atoms with Crippen LogP contribution in [0.4, 0.5) is 0 Å². The second kappa shape index (κ2) is 8.70. The van der Waals surface area contributed by atoms with E-state index < -0.39 is 16.1 Å². The molecule has 0 unspecified atom stereocenters. The van der Waals surface area contributed by atoms with Gasteiger partial charge in [0.05, 0.1) is 17.9 Å². The number of amides is 1. The van der Waals surface area contributed by atoms with Crippen molar-refractivity contribution in [2.75, 3.05) is 39.5 Å². The van der Waals surface area contributed by atoms with Crippen molar-refractivity contribution in [1.82, 2.24) is 19.5 Å². The van der Waals surface area contributed by atoms with Crippen LogP contribution in [0.1, 0.15) is 23.3 Å². The SMILES string of the molecule is CN(C)S(=O)(=O)CCCN1CC[C@@H](NC(=O)c2ccccn2)[C@H](O)C1. The van der Waals surface area contributed by atoms with E-state index in [1.807, 2.05) is 4.90 Å². The molecule has 0 saturated carbocycles. The smallest absolute Gasteiger partial charge is 0.270 e. The summed E-state index contributed by atoms with van der Waals surface area (Å²) in [6.45, 7) is 1.71. The first-order valence-electron chi connectivity index (χ1n) is 8.32. The quantitative estimate of drug-likeness (QED) is 0.673. The highest BCUT2D eigenvalue weighted by atomic mass is 32.2. The van der Waals surface area contributed by atoms with E-state index in [-0.39, 0.29) is 17.7 Å². The lowest BCUT2D eigenvalue weighted by Gasteiger charge is -2.36. The van der Waals surface area contributed by atoms with Crippen molar-refractivity contribution in [1.29, 1.82) is 0 Å². The molecule has 1 aliphatic heterocycles. The van der Waals surface area contributed by atoms with E-state index in [9.17, 15) is 18.3 Å². The molecule has 0 aromatic carbocycles. The lowest BCUT2D eigenvalue weighted by atomic mass is 10.0. The molecular weight excluding hydrogens is 344 g/mol. The first-order chi connectivity index (χ1) is 11.8. The van der Waals surface area contributed by atoms with E-state index in [1.54, 1.807) is 24.4 Å². The maximum Gasteiger partial charge on any atom is 0.270 e. The van der Waals surface area contributed by atoms with Gasteiger partial charge in [-0.2, -0.15) is 0 Å². The first kappa shape index (κ1) is 19.8. The number of hydrogen-bond acceptors (Lipinski definition) is 6. The maximum absolute atomic E-state index is 12.1. The van der Waals surface area contributed by atoms with E-state index in [0.717, 1.165) is 0 Å². The Morgan fingerprint density at radius 3 is 2.80 bits per heavy atom. The summed E-state index contributed by atoms with van der Waals surface area (Å²) in [5.74, 6) is -0.206. The zero-order valence-electron chi connectivity index (χ0n) is 14.6. The summed E-state index contributed by atoms with van der Waals surface area (Å²) in [6, 6.07) is 4.78. The number of aliphatic hydroxyl groups excluding tert-OH is 1. The van der Waals surface area contributed by atoms with Gasteiger partial charge in [0, 0.05) is 33.4 Å². The van der Waals surface area contributed by atoms with Crippen LogP contribution in [0.3, 0.4) is 0 Å². The van der Waals surface area contributed by atoms with Crippen molar-refractivity contribution < 1.29 is 18.3 Å². The fraction of sp³-hybridized carbons (Fsp3) is 0.625. The number of nitrogens with one attached hydrogen (secondary N) is 1. The van der Waals surface area contributed by atoms with Gasteiger partial charge in [0.25, 0.3) is 5.91 Å². The highest BCUT2D eigenvalue weighted by Gasteiger charge is 2.29. The molecule has 1 aromatic heterocycles. The second-order valence-corrected chi connectivity index (χ2v) is 8.71. The Bertz CT molecular complexity index is 666. The highest BCUT2D eigenvalue weighted by Crippen LogP contribution is 2.13. The fourth-order valence-electron chi connectivity index (χ4n) is 2.76. The Hall–Kier alpha value is -1.55. The number of nitrogens with zero attached hydrogens (tertiary/aromatic N) is 3. The molecule has 1 aliphatic rings. The molecule has 9 heteroatoms. The van der Waals surface area contributed by atoms with Crippen molar-refractivity contribution in [3.8, 4) is 0 Å². The molecular formula is C16H26N4O4S. The van der Waals surface area contributed by atoms with Crippen LogP contribution in [-0.2, 0) is 10.0 Å². The molecule has 0 radical (unpaired) electrons. The summed E-state index contributed by atoms with van der Waals surface area (Å²) in [4.78, 5) is 18.1. The number of sulfonamides is 1. The van der Waals surface area contributed by atoms with Crippen LogP contribution < -0.4 is 5.32 Å². The molecule has 1 amide bonds. The summed E-state index contributed by atoms with van der Waals surface area (Å²) >= 11 is 0. The van der Waals surface area contributed by atoms with Crippen molar-refractivity contribution in [2.24, 2.45) is 0 Å². The number of carbonyl (C=O) groups is 1. The summed E-state index contributed by atoms with van der Waals surface area (Å²) in [7, 11) is -0.144. The van der Waals surface area contributed by atoms with Gasteiger partial charge in [-0.1, -0.05) is 6.07 Å². The molecule has 25 heavy (non-hydrogen) atoms. The zero-order valence-corrected chi connectivity index (χ0v) is 15.4. The molecule has 140 valence electrons. The van der Waals surface area contributed by atoms with Crippen LogP contribution >= 0.6 is 0 Å². The standard InChI is InChI=1S/C16H26N4O4S/c1-19(2)25(23,24)11-5-9-20-10-7-13(15(21)12-20)18-16(22)14-6-3-4-8-17-14/h3-4,6,8,13,15,21H,5,7,9-12H2,1-2H3,(H,18,22)/t13-,15-/m1/s1. The fourth-order valence-corrected chi connectivity index (χ4v) is 3.62. The van der Waals surface area contributed by atoms with Crippen LogP contribution in [0, 0.1) is 0 Å². The first-order valence-corrected chi connectivity index (χ1v) is 9.93. The molecule has 1 saturated heterocycles. The molecule has 2 rings (SSSR count). The van der Waals surface area contributed by atoms with Crippen LogP contribution in [0.5, 0.6) is 0 Å². The minimum atomic E-state index is -3.19. The van der Waals surface area contributed by atoms with Gasteiger partial charge in [0.2, 0.25) is 10.0 Å². The predicted molar refractivity (Wildman–Crippen MR) is 94.6 cm³/mol. The average molecular weight is 370 g/mol. The number of aliphatic hydroxyl groups is 1. The molecule has 2 heterocycles. The number of carbonyl (C=O) groups excluding carboxylic acids is 1. The van der Waals surface area contributed by atoms with Crippen molar-refractivity contribution in [2.45, 2.75) is 25.0 Å². The lowest BCUT2D eigenvalue weighted by molar-refractivity contribution is 0.0379. The van der Waals surface area contributed by atoms with E-state index in [4.69, 9.17) is 0 Å². The number of hydrogen-bond donors (Lipinski definition) is 2. The Morgan fingerprint density at radius 1 is 1.44 bits per heavy atom. The van der Waals surface area contributed by atoms with Crippen LogP contribution in [-0.4, -0.2) is 85.2 Å². The van der Waals surface area contributed by atoms with Crippen LogP contribution in [0.25, 0.3) is 0 Å². The van der Waals surface area contributed by atoms with Gasteiger partial charge in [0.1, 0.15) is 5.69 Å². The molecule has 8 nitrogen and oxygen atoms in total. The molecule has 0 aliphatic carbocycles. The maximum atomic E-state index is 12.1. The minimum Gasteiger partial charge on any atom is -0.390 e. The normalized spacial score (nSPS) is 22.1. The van der Waals surface area contributed by atoms with E-state index in [0.29, 0.717) is 38.2 Å². The van der Waals surface area contributed by atoms with E-state index in [2.05, 4.69) is 10.3 Å². The monoisotopic (exact) mass is 370 g/mol. The molecule has 1 fully saturated rings. The average Bonchev–Trinajstić information content (AvgIpc) is 2.57. The Labute approximate surface area is 148 Å². The number of piperidine rings is 1. The number of β-amino-alcohol motifs (C(OH)–C–C–N with tert-alkyl or cyclic N) is 1. The highest BCUT2D eigenvalue weighted by molar-refractivity contribution is 7.89. The molecule has 2 N–H and O–H groups in total. The van der Waals surface area contributed by atoms with Crippen molar-refractivity contribution in [3.63, 3.8) is 0 Å². The van der Waals surface area contributed by atoms with Crippen LogP contribution in [0.15, 0.2) is 24.4 Å². The van der Waals surface area contributed by atoms with Crippen molar-refractivity contribution >= 4 is 15.9 Å². The summed E-state index contributed by atoms with van der Waals surface area (Å²) in [6.07, 6.45) is 1.99. The molecule has 2 atom stereocenters. The Kier molecular flexibility index (Phi) is 6.88. The summed E-state index contributed by atoms with van der Waals surface area (Å²) in [5, 5.41) is 13.1. The Morgan fingerprint density at radius 2 is 2.20 bits per heavy atom. The van der Waals surface area contributed by atoms with Gasteiger partial charge in [0.15, 0.2) is 0 Å². The third-order valence-corrected chi connectivity index (χ3v) is 6.23. The van der Waals surface area contributed by atoms with Crippen LogP contribution in [0.2, 0.25) is 0 Å². The van der Waals surface area contributed by atoms with Gasteiger partial charge in [-0.15, -0.1) is 0 Å². The lowest BCUT2D eigenvalue weighted by Crippen LogP contribution is -2.54. The van der Waals surface area contributed by atoms with Gasteiger partial charge in [-0.05, 0) is 31.5 Å². The topological polar surface area (TPSA) is 103 Å². The minimum absolute atomic E-state index is 0.0897. The van der Waals surface area contributed by atoms with E-state index >= 15 is 0 Å². The summed E-state index contributed by atoms with van der Waals surface area (Å²) in [5.41, 5.74) is 0.325. The Balaban J connectivity index is 1.77.